The lowest BCUT2D eigenvalue weighted by Gasteiger charge is -2.39. The van der Waals surface area contributed by atoms with Crippen LogP contribution in [0.25, 0.3) is 0 Å². The van der Waals surface area contributed by atoms with Gasteiger partial charge in [-0.05, 0) is 44.5 Å². The molecule has 0 radical (unpaired) electrons. The summed E-state index contributed by atoms with van der Waals surface area (Å²) in [7, 11) is 1.94. The number of hydrogen-bond acceptors (Lipinski definition) is 3. The van der Waals surface area contributed by atoms with E-state index >= 15 is 0 Å². The van der Waals surface area contributed by atoms with Gasteiger partial charge in [-0.2, -0.15) is 0 Å². The van der Waals surface area contributed by atoms with E-state index in [1.165, 1.54) is 11.3 Å². The maximum atomic E-state index is 11.5. The van der Waals surface area contributed by atoms with Gasteiger partial charge in [-0.25, -0.2) is 0 Å². The maximum absolute atomic E-state index is 11.5. The summed E-state index contributed by atoms with van der Waals surface area (Å²) in [5.74, 6) is -0.236. The van der Waals surface area contributed by atoms with Crippen molar-refractivity contribution in [3.05, 3.63) is 28.2 Å². The number of rotatable bonds is 4. The van der Waals surface area contributed by atoms with Crippen LogP contribution in [0.5, 0.6) is 0 Å². The van der Waals surface area contributed by atoms with Crippen LogP contribution in [0.15, 0.2) is 22.7 Å². The predicted molar refractivity (Wildman–Crippen MR) is 85.6 cm³/mol. The number of anilines is 1. The monoisotopic (exact) mass is 339 g/mol. The van der Waals surface area contributed by atoms with Gasteiger partial charge in [0.1, 0.15) is 0 Å². The van der Waals surface area contributed by atoms with Gasteiger partial charge in [0.2, 0.25) is 5.91 Å². The van der Waals surface area contributed by atoms with Crippen molar-refractivity contribution >= 4 is 27.5 Å². The van der Waals surface area contributed by atoms with E-state index in [4.69, 9.17) is 5.73 Å². The van der Waals surface area contributed by atoms with Crippen LogP contribution in [0, 0.1) is 5.92 Å². The van der Waals surface area contributed by atoms with E-state index in [2.05, 4.69) is 51.3 Å². The molecule has 1 amide bonds. The summed E-state index contributed by atoms with van der Waals surface area (Å²) in [5, 5.41) is 3.20. The Bertz CT molecular complexity index is 492. The molecule has 0 aromatic heterocycles. The number of carbonyl (C=O) groups excluding carboxylic acids is 1. The molecule has 1 aliphatic heterocycles. The smallest absolute Gasteiger partial charge is 0.222 e. The molecule has 5 heteroatoms. The molecule has 3 N–H and O–H groups in total. The molecule has 1 heterocycles. The molecule has 2 atom stereocenters. The Labute approximate surface area is 128 Å². The van der Waals surface area contributed by atoms with Crippen LogP contribution < -0.4 is 16.0 Å². The van der Waals surface area contributed by atoms with Gasteiger partial charge >= 0.3 is 0 Å². The van der Waals surface area contributed by atoms with Gasteiger partial charge in [0.15, 0.2) is 0 Å². The quantitative estimate of drug-likeness (QED) is 0.884. The molecule has 20 heavy (non-hydrogen) atoms. The number of halogens is 1. The lowest BCUT2D eigenvalue weighted by atomic mass is 9.92. The Hall–Kier alpha value is -1.07. The van der Waals surface area contributed by atoms with Gasteiger partial charge in [-0.15, -0.1) is 0 Å². The highest BCUT2D eigenvalue weighted by molar-refractivity contribution is 9.10. The van der Waals surface area contributed by atoms with Gasteiger partial charge < -0.3 is 16.0 Å². The van der Waals surface area contributed by atoms with Crippen molar-refractivity contribution < 1.29 is 4.79 Å². The van der Waals surface area contributed by atoms with Gasteiger partial charge in [-0.3, -0.25) is 4.79 Å². The first-order chi connectivity index (χ1) is 9.52. The molecule has 1 aliphatic rings. The van der Waals surface area contributed by atoms with E-state index in [1.54, 1.807) is 0 Å². The lowest BCUT2D eigenvalue weighted by Crippen LogP contribution is -2.46. The van der Waals surface area contributed by atoms with Gasteiger partial charge in [-0.1, -0.05) is 22.0 Å². The van der Waals surface area contributed by atoms with Crippen LogP contribution in [0.2, 0.25) is 0 Å². The molecule has 0 aliphatic carbocycles. The van der Waals surface area contributed by atoms with Gasteiger partial charge in [0.25, 0.3) is 0 Å². The summed E-state index contributed by atoms with van der Waals surface area (Å²) in [6.07, 6.45) is 1.89. The highest BCUT2D eigenvalue weighted by Crippen LogP contribution is 2.32. The third-order valence-corrected chi connectivity index (χ3v) is 4.50. The standard InChI is InChI=1S/C15H22BrN3O/c1-10-3-4-12(15(17)20)9-19(10)14-7-13(16)6-5-11(14)8-18-2/h5-7,10,12,18H,3-4,8-9H2,1-2H3,(H2,17,20). The second-order valence-corrected chi connectivity index (χ2v) is 6.40. The maximum Gasteiger partial charge on any atom is 0.222 e. The van der Waals surface area contributed by atoms with Crippen LogP contribution in [-0.4, -0.2) is 25.5 Å². The van der Waals surface area contributed by atoms with Crippen molar-refractivity contribution in [3.8, 4) is 0 Å². The average Bonchev–Trinajstić information content (AvgIpc) is 2.41. The summed E-state index contributed by atoms with van der Waals surface area (Å²) in [4.78, 5) is 13.8. The molecule has 4 nitrogen and oxygen atoms in total. The third kappa shape index (κ3) is 3.33. The summed E-state index contributed by atoms with van der Waals surface area (Å²) in [6, 6.07) is 6.73. The number of carbonyl (C=O) groups is 1. The van der Waals surface area contributed by atoms with Crippen LogP contribution in [0.4, 0.5) is 5.69 Å². The minimum atomic E-state index is -0.188. The van der Waals surface area contributed by atoms with Gasteiger partial charge in [0.05, 0.1) is 5.92 Å². The van der Waals surface area contributed by atoms with E-state index in [9.17, 15) is 4.79 Å². The van der Waals surface area contributed by atoms with E-state index in [0.29, 0.717) is 12.6 Å². The third-order valence-electron chi connectivity index (χ3n) is 4.01. The summed E-state index contributed by atoms with van der Waals surface area (Å²) in [5.41, 5.74) is 7.92. The molecule has 1 aromatic rings. The van der Waals surface area contributed by atoms with Crippen molar-refractivity contribution in [2.75, 3.05) is 18.5 Å². The highest BCUT2D eigenvalue weighted by Gasteiger charge is 2.29. The Morgan fingerprint density at radius 2 is 2.25 bits per heavy atom. The number of benzene rings is 1. The first-order valence-electron chi connectivity index (χ1n) is 7.02. The number of hydrogen-bond donors (Lipinski definition) is 2. The molecule has 0 saturated carbocycles. The molecule has 0 bridgehead atoms. The van der Waals surface area contributed by atoms with E-state index in [1.807, 2.05) is 7.05 Å². The zero-order valence-corrected chi connectivity index (χ0v) is 13.6. The van der Waals surface area contributed by atoms with Crippen LogP contribution in [0.3, 0.4) is 0 Å². The highest BCUT2D eigenvalue weighted by atomic mass is 79.9. The Balaban J connectivity index is 2.32. The second-order valence-electron chi connectivity index (χ2n) is 5.48. The van der Waals surface area contributed by atoms with Crippen molar-refractivity contribution in [1.29, 1.82) is 0 Å². The van der Waals surface area contributed by atoms with Gasteiger partial charge in [0, 0.05) is 29.3 Å². The van der Waals surface area contributed by atoms with Crippen molar-refractivity contribution in [2.24, 2.45) is 11.7 Å². The first-order valence-corrected chi connectivity index (χ1v) is 7.81. The molecular weight excluding hydrogens is 318 g/mol. The zero-order valence-electron chi connectivity index (χ0n) is 12.0. The number of nitrogens with one attached hydrogen (secondary N) is 1. The number of nitrogens with two attached hydrogens (primary N) is 1. The first kappa shape index (κ1) is 15.3. The summed E-state index contributed by atoms with van der Waals surface area (Å²) < 4.78 is 1.06. The second kappa shape index (κ2) is 6.59. The summed E-state index contributed by atoms with van der Waals surface area (Å²) in [6.45, 7) is 3.73. The molecule has 2 unspecified atom stereocenters. The van der Waals surface area contributed by atoms with Crippen LogP contribution >= 0.6 is 15.9 Å². The van der Waals surface area contributed by atoms with Crippen molar-refractivity contribution in [2.45, 2.75) is 32.4 Å². The van der Waals surface area contributed by atoms with Crippen LogP contribution in [0.1, 0.15) is 25.3 Å². The molecule has 110 valence electrons. The van der Waals surface area contributed by atoms with E-state index < -0.39 is 0 Å². The molecule has 1 saturated heterocycles. The van der Waals surface area contributed by atoms with E-state index in [0.717, 1.165) is 23.9 Å². The Kier molecular flexibility index (Phi) is 5.05. The minimum absolute atomic E-state index is 0.0485. The Morgan fingerprint density at radius 3 is 2.90 bits per heavy atom. The fourth-order valence-corrected chi connectivity index (χ4v) is 3.17. The molecule has 1 aromatic carbocycles. The fourth-order valence-electron chi connectivity index (χ4n) is 2.82. The number of primary amides is 1. The number of piperidine rings is 1. The number of nitrogens with zero attached hydrogens (tertiary/aromatic N) is 1. The number of amides is 1. The van der Waals surface area contributed by atoms with Crippen molar-refractivity contribution in [1.82, 2.24) is 5.32 Å². The lowest BCUT2D eigenvalue weighted by molar-refractivity contribution is -0.122. The summed E-state index contributed by atoms with van der Waals surface area (Å²) >= 11 is 3.54. The molecule has 2 rings (SSSR count). The topological polar surface area (TPSA) is 58.4 Å². The fraction of sp³-hybridized carbons (Fsp3) is 0.533. The minimum Gasteiger partial charge on any atom is -0.369 e. The Morgan fingerprint density at radius 1 is 1.50 bits per heavy atom. The van der Waals surface area contributed by atoms with Crippen LogP contribution in [-0.2, 0) is 11.3 Å². The van der Waals surface area contributed by atoms with E-state index in [-0.39, 0.29) is 11.8 Å². The predicted octanol–water partition coefficient (Wildman–Crippen LogP) is 2.26. The largest absolute Gasteiger partial charge is 0.369 e. The average molecular weight is 340 g/mol. The normalized spacial score (nSPS) is 22.9. The SMILES string of the molecule is CNCc1ccc(Br)cc1N1CC(C(N)=O)CCC1C. The molecule has 0 spiro atoms. The molecular formula is C15H22BrN3O. The molecule has 1 fully saturated rings. The zero-order chi connectivity index (χ0) is 14.7. The van der Waals surface area contributed by atoms with Crippen molar-refractivity contribution in [3.63, 3.8) is 0 Å².